The van der Waals surface area contributed by atoms with Crippen molar-refractivity contribution in [3.05, 3.63) is 0 Å². The third-order valence-electron chi connectivity index (χ3n) is 2.49. The number of rotatable bonds is 8. The van der Waals surface area contributed by atoms with Crippen LogP contribution in [0.25, 0.3) is 0 Å². The second-order valence-corrected chi connectivity index (χ2v) is 4.20. The van der Waals surface area contributed by atoms with E-state index in [0.717, 1.165) is 19.3 Å². The fourth-order valence-electron chi connectivity index (χ4n) is 1.27. The van der Waals surface area contributed by atoms with E-state index in [0.29, 0.717) is 6.42 Å². The van der Waals surface area contributed by atoms with Gasteiger partial charge < -0.3 is 4.74 Å². The molecule has 0 fully saturated rings. The molecule has 0 aromatic carbocycles. The molecule has 0 atom stereocenters. The number of ether oxygens (including phenoxy) is 1. The molecule has 0 amide bonds. The number of unbranched alkanes of at least 4 members (excludes halogenated alkanes) is 4. The minimum atomic E-state index is -6.53. The van der Waals surface area contributed by atoms with Crippen molar-refractivity contribution >= 4 is 5.97 Å². The molecule has 0 aromatic heterocycles. The standard InChI is InChI=1S/C11H15F7O2/c1-2-3-4-5-6-7-20-8(19)9(12,13)10(14,15)11(16,17)18/h2-7H2,1H3. The summed E-state index contributed by atoms with van der Waals surface area (Å²) in [5.74, 6) is -15.3. The summed E-state index contributed by atoms with van der Waals surface area (Å²) in [6, 6.07) is 0. The predicted octanol–water partition coefficient (Wildman–Crippen LogP) is 4.33. The number of halogens is 7. The molecular weight excluding hydrogens is 297 g/mol. The molecule has 0 aromatic rings. The Balaban J connectivity index is 4.39. The third kappa shape index (κ3) is 4.52. The lowest BCUT2D eigenvalue weighted by atomic mass is 10.1. The van der Waals surface area contributed by atoms with Crippen LogP contribution in [0.3, 0.4) is 0 Å². The van der Waals surface area contributed by atoms with E-state index in [-0.39, 0.29) is 6.42 Å². The van der Waals surface area contributed by atoms with Crippen molar-refractivity contribution in [1.29, 1.82) is 0 Å². The summed E-state index contributed by atoms with van der Waals surface area (Å²) in [5.41, 5.74) is 0. The summed E-state index contributed by atoms with van der Waals surface area (Å²) >= 11 is 0. The zero-order chi connectivity index (χ0) is 16.0. The van der Waals surface area contributed by atoms with Gasteiger partial charge in [-0.3, -0.25) is 0 Å². The van der Waals surface area contributed by atoms with Gasteiger partial charge >= 0.3 is 24.0 Å². The Kier molecular flexibility index (Phi) is 6.76. The van der Waals surface area contributed by atoms with Crippen LogP contribution >= 0.6 is 0 Å². The Morgan fingerprint density at radius 1 is 0.900 bits per heavy atom. The Morgan fingerprint density at radius 3 is 1.85 bits per heavy atom. The molecular formula is C11H15F7O2. The van der Waals surface area contributed by atoms with Crippen molar-refractivity contribution in [3.8, 4) is 0 Å². The van der Waals surface area contributed by atoms with Crippen LogP contribution in [-0.2, 0) is 9.53 Å². The van der Waals surface area contributed by atoms with E-state index in [1.807, 2.05) is 6.92 Å². The Labute approximate surface area is 111 Å². The van der Waals surface area contributed by atoms with E-state index >= 15 is 0 Å². The van der Waals surface area contributed by atoms with Gasteiger partial charge in [-0.25, -0.2) is 4.79 Å². The number of hydrogen-bond acceptors (Lipinski definition) is 2. The predicted molar refractivity (Wildman–Crippen MR) is 55.7 cm³/mol. The molecule has 0 spiro atoms. The molecule has 0 bridgehead atoms. The van der Waals surface area contributed by atoms with Gasteiger partial charge in [-0.15, -0.1) is 0 Å². The maximum atomic E-state index is 12.8. The molecule has 9 heteroatoms. The van der Waals surface area contributed by atoms with E-state index < -0.39 is 30.6 Å². The zero-order valence-electron chi connectivity index (χ0n) is 10.7. The monoisotopic (exact) mass is 312 g/mol. The second-order valence-electron chi connectivity index (χ2n) is 4.20. The average molecular weight is 312 g/mol. The normalized spacial score (nSPS) is 13.4. The summed E-state index contributed by atoms with van der Waals surface area (Å²) in [4.78, 5) is 10.7. The van der Waals surface area contributed by atoms with Gasteiger partial charge in [0, 0.05) is 0 Å². The van der Waals surface area contributed by atoms with Gasteiger partial charge in [0.25, 0.3) is 0 Å². The largest absolute Gasteiger partial charge is 0.461 e. The van der Waals surface area contributed by atoms with E-state index in [2.05, 4.69) is 4.74 Å². The quantitative estimate of drug-likeness (QED) is 0.379. The molecule has 0 unspecified atom stereocenters. The SMILES string of the molecule is CCCCCCCOC(=O)C(F)(F)C(F)(F)C(F)(F)F. The minimum absolute atomic E-state index is 0.124. The van der Waals surface area contributed by atoms with Crippen LogP contribution < -0.4 is 0 Å². The third-order valence-corrected chi connectivity index (χ3v) is 2.49. The second kappa shape index (κ2) is 7.12. The summed E-state index contributed by atoms with van der Waals surface area (Å²) in [5, 5.41) is 0. The molecule has 0 aliphatic heterocycles. The first-order valence-corrected chi connectivity index (χ1v) is 5.98. The van der Waals surface area contributed by atoms with E-state index in [9.17, 15) is 35.5 Å². The maximum absolute atomic E-state index is 12.8. The van der Waals surface area contributed by atoms with Gasteiger partial charge in [0.05, 0.1) is 6.61 Å². The highest BCUT2D eigenvalue weighted by Gasteiger charge is 2.77. The molecule has 0 heterocycles. The minimum Gasteiger partial charge on any atom is -0.461 e. The molecule has 0 aliphatic carbocycles. The molecule has 0 radical (unpaired) electrons. The van der Waals surface area contributed by atoms with Crippen LogP contribution in [0.2, 0.25) is 0 Å². The van der Waals surface area contributed by atoms with Crippen LogP contribution in [0.1, 0.15) is 39.0 Å². The molecule has 0 N–H and O–H groups in total. The summed E-state index contributed by atoms with van der Waals surface area (Å²) in [6.45, 7) is 1.30. The molecule has 0 aliphatic rings. The number of esters is 1. The van der Waals surface area contributed by atoms with Crippen molar-refractivity contribution in [2.75, 3.05) is 6.61 Å². The topological polar surface area (TPSA) is 26.3 Å². The fraction of sp³-hybridized carbons (Fsp3) is 0.909. The first-order valence-electron chi connectivity index (χ1n) is 5.98. The lowest BCUT2D eigenvalue weighted by Crippen LogP contribution is -2.56. The van der Waals surface area contributed by atoms with Crippen LogP contribution in [0, 0.1) is 0 Å². The molecule has 120 valence electrons. The van der Waals surface area contributed by atoms with Crippen molar-refractivity contribution in [1.82, 2.24) is 0 Å². The Bertz CT molecular complexity index is 312. The number of hydrogen-bond donors (Lipinski definition) is 0. The molecule has 0 rings (SSSR count). The lowest BCUT2D eigenvalue weighted by Gasteiger charge is -2.26. The first kappa shape index (κ1) is 19.0. The van der Waals surface area contributed by atoms with Crippen LogP contribution in [0.4, 0.5) is 30.7 Å². The van der Waals surface area contributed by atoms with Crippen LogP contribution in [-0.4, -0.2) is 30.6 Å². The van der Waals surface area contributed by atoms with Gasteiger partial charge in [0.2, 0.25) is 0 Å². The van der Waals surface area contributed by atoms with Gasteiger partial charge in [0.15, 0.2) is 0 Å². The summed E-state index contributed by atoms with van der Waals surface area (Å²) in [7, 11) is 0. The number of carbonyl (C=O) groups is 1. The van der Waals surface area contributed by atoms with Crippen molar-refractivity contribution in [2.24, 2.45) is 0 Å². The van der Waals surface area contributed by atoms with E-state index in [1.54, 1.807) is 0 Å². The Morgan fingerprint density at radius 2 is 1.40 bits per heavy atom. The van der Waals surface area contributed by atoms with E-state index in [4.69, 9.17) is 0 Å². The number of alkyl halides is 7. The van der Waals surface area contributed by atoms with Crippen LogP contribution in [0.15, 0.2) is 0 Å². The Hall–Kier alpha value is -1.02. The molecule has 2 nitrogen and oxygen atoms in total. The summed E-state index contributed by atoms with van der Waals surface area (Å²) < 4.78 is 89.6. The highest BCUT2D eigenvalue weighted by Crippen LogP contribution is 2.46. The van der Waals surface area contributed by atoms with Crippen LogP contribution in [0.5, 0.6) is 0 Å². The average Bonchev–Trinajstić information content (AvgIpc) is 2.31. The first-order chi connectivity index (χ1) is 8.98. The zero-order valence-corrected chi connectivity index (χ0v) is 10.7. The van der Waals surface area contributed by atoms with Crippen molar-refractivity contribution in [3.63, 3.8) is 0 Å². The van der Waals surface area contributed by atoms with Gasteiger partial charge in [-0.1, -0.05) is 32.6 Å². The lowest BCUT2D eigenvalue weighted by molar-refractivity contribution is -0.348. The molecule has 20 heavy (non-hydrogen) atoms. The van der Waals surface area contributed by atoms with Gasteiger partial charge in [0.1, 0.15) is 0 Å². The highest BCUT2D eigenvalue weighted by atomic mass is 19.4. The summed E-state index contributed by atoms with van der Waals surface area (Å²) in [6.07, 6.45) is -3.42. The fourth-order valence-corrected chi connectivity index (χ4v) is 1.27. The van der Waals surface area contributed by atoms with Gasteiger partial charge in [-0.05, 0) is 6.42 Å². The molecule has 0 saturated heterocycles. The highest BCUT2D eigenvalue weighted by molar-refractivity contribution is 5.79. The molecule has 0 saturated carbocycles. The van der Waals surface area contributed by atoms with Gasteiger partial charge in [-0.2, -0.15) is 30.7 Å². The maximum Gasteiger partial charge on any atom is 0.460 e. The number of carbonyl (C=O) groups excluding carboxylic acids is 1. The van der Waals surface area contributed by atoms with E-state index in [1.165, 1.54) is 0 Å². The van der Waals surface area contributed by atoms with Crippen molar-refractivity contribution < 1.29 is 40.3 Å². The smallest absolute Gasteiger partial charge is 0.460 e. The van der Waals surface area contributed by atoms with Crippen molar-refractivity contribution in [2.45, 2.75) is 57.0 Å².